The highest BCUT2D eigenvalue weighted by molar-refractivity contribution is 5.95. The maximum Gasteiger partial charge on any atom is 0.255 e. The van der Waals surface area contributed by atoms with Crippen LogP contribution in [0.3, 0.4) is 0 Å². The van der Waals surface area contributed by atoms with Crippen LogP contribution in [-0.2, 0) is 11.8 Å². The number of ether oxygens (including phenoxy) is 1. The average Bonchev–Trinajstić information content (AvgIpc) is 3.04. The van der Waals surface area contributed by atoms with Crippen LogP contribution in [-0.4, -0.2) is 28.1 Å². The molecule has 6 nitrogen and oxygen atoms in total. The third kappa shape index (κ3) is 2.92. The second kappa shape index (κ2) is 5.96. The first-order chi connectivity index (χ1) is 10.5. The Hall–Kier alpha value is -2.08. The largest absolute Gasteiger partial charge is 0.466 e. The molecule has 6 heteroatoms. The highest BCUT2D eigenvalue weighted by Crippen LogP contribution is 2.28. The summed E-state index contributed by atoms with van der Waals surface area (Å²) in [5, 5.41) is 3.09. The van der Waals surface area contributed by atoms with Crippen molar-refractivity contribution in [3.05, 3.63) is 41.4 Å². The van der Waals surface area contributed by atoms with Crippen LogP contribution in [0.5, 0.6) is 0 Å². The first-order valence-corrected chi connectivity index (χ1v) is 7.50. The Morgan fingerprint density at radius 3 is 2.91 bits per heavy atom. The number of aryl methyl sites for hydroxylation is 3. The number of nitrogens with zero attached hydrogens (tertiary/aromatic N) is 2. The van der Waals surface area contributed by atoms with Gasteiger partial charge in [0.15, 0.2) is 0 Å². The van der Waals surface area contributed by atoms with Gasteiger partial charge in [-0.05, 0) is 32.8 Å². The molecular weight excluding hydrogens is 282 g/mol. The lowest BCUT2D eigenvalue weighted by molar-refractivity contribution is -0.00302. The highest BCUT2D eigenvalue weighted by Gasteiger charge is 2.27. The monoisotopic (exact) mass is 303 g/mol. The molecule has 0 bridgehead atoms. The minimum absolute atomic E-state index is 0.0290. The van der Waals surface area contributed by atoms with Gasteiger partial charge in [0.1, 0.15) is 17.6 Å². The number of carbonyl (C=O) groups excluding carboxylic acids is 1. The van der Waals surface area contributed by atoms with Crippen LogP contribution in [0.2, 0.25) is 0 Å². The molecule has 1 aliphatic rings. The Bertz CT molecular complexity index is 674. The van der Waals surface area contributed by atoms with E-state index in [9.17, 15) is 4.79 Å². The van der Waals surface area contributed by atoms with Gasteiger partial charge in [-0.25, -0.2) is 4.98 Å². The Kier molecular flexibility index (Phi) is 4.02. The first kappa shape index (κ1) is 14.8. The van der Waals surface area contributed by atoms with Gasteiger partial charge in [-0.2, -0.15) is 0 Å². The second-order valence-corrected chi connectivity index (χ2v) is 5.81. The fourth-order valence-electron chi connectivity index (χ4n) is 2.93. The normalized spacial score (nSPS) is 21.8. The summed E-state index contributed by atoms with van der Waals surface area (Å²) < 4.78 is 13.2. The van der Waals surface area contributed by atoms with E-state index in [2.05, 4.69) is 10.3 Å². The predicted octanol–water partition coefficient (Wildman–Crippen LogP) is 2.28. The number of hydrogen-bond donors (Lipinski definition) is 1. The van der Waals surface area contributed by atoms with Gasteiger partial charge in [-0.15, -0.1) is 0 Å². The number of rotatable bonds is 3. The molecule has 2 atom stereocenters. The fraction of sp³-hybridized carbons (Fsp3) is 0.500. The molecule has 1 aliphatic heterocycles. The predicted molar refractivity (Wildman–Crippen MR) is 80.6 cm³/mol. The van der Waals surface area contributed by atoms with Gasteiger partial charge in [-0.3, -0.25) is 4.79 Å². The number of hydrogen-bond acceptors (Lipinski definition) is 4. The molecule has 3 heterocycles. The van der Waals surface area contributed by atoms with Crippen LogP contribution in [0.25, 0.3) is 0 Å². The molecule has 0 unspecified atom stereocenters. The number of amides is 1. The summed E-state index contributed by atoms with van der Waals surface area (Å²) in [5.74, 6) is 1.33. The third-order valence-corrected chi connectivity index (χ3v) is 4.09. The zero-order chi connectivity index (χ0) is 15.7. The maximum atomic E-state index is 12.4. The molecule has 0 radical (unpaired) electrons. The van der Waals surface area contributed by atoms with Gasteiger partial charge in [0.05, 0.1) is 23.8 Å². The van der Waals surface area contributed by atoms with Gasteiger partial charge in [0.2, 0.25) is 0 Å². The lowest BCUT2D eigenvalue weighted by Gasteiger charge is -2.30. The van der Waals surface area contributed by atoms with Crippen molar-refractivity contribution >= 4 is 5.91 Å². The van der Waals surface area contributed by atoms with E-state index in [0.29, 0.717) is 17.9 Å². The number of aromatic nitrogens is 2. The molecule has 118 valence electrons. The highest BCUT2D eigenvalue weighted by atomic mass is 16.5. The van der Waals surface area contributed by atoms with Crippen molar-refractivity contribution in [2.75, 3.05) is 6.61 Å². The van der Waals surface area contributed by atoms with Crippen molar-refractivity contribution in [2.24, 2.45) is 7.05 Å². The molecule has 0 spiro atoms. The molecule has 1 fully saturated rings. The summed E-state index contributed by atoms with van der Waals surface area (Å²) in [4.78, 5) is 16.5. The zero-order valence-electron chi connectivity index (χ0n) is 13.1. The lowest BCUT2D eigenvalue weighted by Crippen LogP contribution is -2.40. The summed E-state index contributed by atoms with van der Waals surface area (Å²) >= 11 is 0. The number of nitrogens with one attached hydrogen (secondary N) is 1. The van der Waals surface area contributed by atoms with E-state index in [1.54, 1.807) is 12.4 Å². The summed E-state index contributed by atoms with van der Waals surface area (Å²) in [6.07, 6.45) is 5.12. The van der Waals surface area contributed by atoms with E-state index in [4.69, 9.17) is 9.15 Å². The quantitative estimate of drug-likeness (QED) is 0.944. The van der Waals surface area contributed by atoms with Crippen molar-refractivity contribution in [3.8, 4) is 0 Å². The SMILES string of the molecule is Cc1cc(C(=O)N[C@H]2CCO[C@H](c3cncn3C)C2)c(C)o1. The van der Waals surface area contributed by atoms with E-state index in [-0.39, 0.29) is 18.1 Å². The van der Waals surface area contributed by atoms with Gasteiger partial charge < -0.3 is 19.0 Å². The van der Waals surface area contributed by atoms with E-state index >= 15 is 0 Å². The number of carbonyl (C=O) groups is 1. The van der Waals surface area contributed by atoms with Crippen molar-refractivity contribution < 1.29 is 13.9 Å². The van der Waals surface area contributed by atoms with Crippen LogP contribution in [0.15, 0.2) is 23.0 Å². The maximum absolute atomic E-state index is 12.4. The Morgan fingerprint density at radius 1 is 1.45 bits per heavy atom. The third-order valence-electron chi connectivity index (χ3n) is 4.09. The summed E-state index contributed by atoms with van der Waals surface area (Å²) in [6.45, 7) is 4.28. The number of imidazole rings is 1. The fourth-order valence-corrected chi connectivity index (χ4v) is 2.93. The van der Waals surface area contributed by atoms with Gasteiger partial charge >= 0.3 is 0 Å². The van der Waals surface area contributed by atoms with Crippen LogP contribution >= 0.6 is 0 Å². The first-order valence-electron chi connectivity index (χ1n) is 7.50. The van der Waals surface area contributed by atoms with E-state index in [0.717, 1.165) is 24.3 Å². The Balaban J connectivity index is 1.67. The molecule has 3 rings (SSSR count). The molecule has 2 aromatic rings. The Morgan fingerprint density at radius 2 is 2.27 bits per heavy atom. The van der Waals surface area contributed by atoms with E-state index in [1.807, 2.05) is 31.7 Å². The van der Waals surface area contributed by atoms with E-state index in [1.165, 1.54) is 0 Å². The van der Waals surface area contributed by atoms with Crippen LogP contribution in [0.1, 0.15) is 46.5 Å². The number of furan rings is 1. The molecule has 1 N–H and O–H groups in total. The average molecular weight is 303 g/mol. The summed E-state index contributed by atoms with van der Waals surface area (Å²) in [5.41, 5.74) is 1.65. The summed E-state index contributed by atoms with van der Waals surface area (Å²) in [6, 6.07) is 1.87. The Labute approximate surface area is 129 Å². The second-order valence-electron chi connectivity index (χ2n) is 5.81. The topological polar surface area (TPSA) is 69.3 Å². The van der Waals surface area contributed by atoms with Crippen LogP contribution < -0.4 is 5.32 Å². The van der Waals surface area contributed by atoms with Crippen molar-refractivity contribution in [3.63, 3.8) is 0 Å². The minimum Gasteiger partial charge on any atom is -0.466 e. The van der Waals surface area contributed by atoms with Gasteiger partial charge in [-0.1, -0.05) is 0 Å². The van der Waals surface area contributed by atoms with Gasteiger partial charge in [0.25, 0.3) is 5.91 Å². The molecule has 0 aromatic carbocycles. The molecule has 1 amide bonds. The van der Waals surface area contributed by atoms with Crippen LogP contribution in [0, 0.1) is 13.8 Å². The van der Waals surface area contributed by atoms with Crippen molar-refractivity contribution in [1.82, 2.24) is 14.9 Å². The lowest BCUT2D eigenvalue weighted by atomic mass is 10.0. The standard InChI is InChI=1S/C16H21N3O3/c1-10-6-13(11(2)22-10)16(20)18-12-4-5-21-15(7-12)14-8-17-9-19(14)3/h6,8-9,12,15H,4-5,7H2,1-3H3,(H,18,20)/t12-,15-/m0/s1. The van der Waals surface area contributed by atoms with Crippen molar-refractivity contribution in [2.45, 2.75) is 38.8 Å². The zero-order valence-corrected chi connectivity index (χ0v) is 13.1. The molecule has 2 aromatic heterocycles. The minimum atomic E-state index is -0.0787. The molecule has 0 aliphatic carbocycles. The molecular formula is C16H21N3O3. The molecule has 22 heavy (non-hydrogen) atoms. The van der Waals surface area contributed by atoms with Gasteiger partial charge in [0, 0.05) is 19.7 Å². The summed E-state index contributed by atoms with van der Waals surface area (Å²) in [7, 11) is 1.95. The molecule has 0 saturated carbocycles. The smallest absolute Gasteiger partial charge is 0.255 e. The van der Waals surface area contributed by atoms with Crippen LogP contribution in [0.4, 0.5) is 0 Å². The molecule has 1 saturated heterocycles. The van der Waals surface area contributed by atoms with E-state index < -0.39 is 0 Å². The van der Waals surface area contributed by atoms with Crippen molar-refractivity contribution in [1.29, 1.82) is 0 Å².